The lowest BCUT2D eigenvalue weighted by Gasteiger charge is -2.10. The van der Waals surface area contributed by atoms with Crippen LogP contribution in [0.25, 0.3) is 0 Å². The van der Waals surface area contributed by atoms with Crippen molar-refractivity contribution in [2.24, 2.45) is 0 Å². The molecule has 0 bridgehead atoms. The molecule has 5 nitrogen and oxygen atoms in total. The quantitative estimate of drug-likeness (QED) is 0.890. The molecule has 1 aromatic heterocycles. The second-order valence-corrected chi connectivity index (χ2v) is 4.84. The van der Waals surface area contributed by atoms with Crippen LogP contribution in [0.15, 0.2) is 36.4 Å². The van der Waals surface area contributed by atoms with Gasteiger partial charge in [0.2, 0.25) is 0 Å². The first kappa shape index (κ1) is 15.3. The summed E-state index contributed by atoms with van der Waals surface area (Å²) in [6.07, 6.45) is 0. The van der Waals surface area contributed by atoms with Crippen molar-refractivity contribution >= 4 is 23.2 Å². The second-order valence-electron chi connectivity index (χ2n) is 4.40. The van der Waals surface area contributed by atoms with Gasteiger partial charge < -0.3 is 15.2 Å². The molecule has 0 aliphatic heterocycles. The van der Waals surface area contributed by atoms with Crippen LogP contribution in [0.5, 0.6) is 5.75 Å². The zero-order valence-corrected chi connectivity index (χ0v) is 12.2. The van der Waals surface area contributed by atoms with Crippen LogP contribution in [0.3, 0.4) is 0 Å². The van der Waals surface area contributed by atoms with Gasteiger partial charge in [-0.3, -0.25) is 9.78 Å². The Labute approximate surface area is 127 Å². The third-order valence-electron chi connectivity index (χ3n) is 2.71. The van der Waals surface area contributed by atoms with Gasteiger partial charge in [-0.1, -0.05) is 11.6 Å². The molecule has 0 fully saturated rings. The Bertz CT molecular complexity index is 629. The van der Waals surface area contributed by atoms with Gasteiger partial charge in [-0.15, -0.1) is 0 Å². The van der Waals surface area contributed by atoms with E-state index < -0.39 is 0 Å². The van der Waals surface area contributed by atoms with Crippen molar-refractivity contribution in [3.8, 4) is 5.75 Å². The van der Waals surface area contributed by atoms with Crippen molar-refractivity contribution in [2.75, 3.05) is 11.9 Å². The minimum absolute atomic E-state index is 0.166. The lowest BCUT2D eigenvalue weighted by molar-refractivity contribution is -0.118. The summed E-state index contributed by atoms with van der Waals surface area (Å²) in [6.45, 7) is 1.41. The van der Waals surface area contributed by atoms with Crippen LogP contribution in [0.4, 0.5) is 5.69 Å². The number of anilines is 1. The third-order valence-corrected chi connectivity index (χ3v) is 2.96. The van der Waals surface area contributed by atoms with Gasteiger partial charge in [0.1, 0.15) is 11.4 Å². The van der Waals surface area contributed by atoms with E-state index in [0.29, 0.717) is 22.2 Å². The maximum absolute atomic E-state index is 11.8. The number of hydrogen-bond acceptors (Lipinski definition) is 4. The van der Waals surface area contributed by atoms with E-state index in [0.717, 1.165) is 5.69 Å². The van der Waals surface area contributed by atoms with E-state index >= 15 is 0 Å². The Morgan fingerprint density at radius 3 is 2.67 bits per heavy atom. The number of rotatable bonds is 5. The number of amides is 1. The van der Waals surface area contributed by atoms with E-state index in [1.165, 1.54) is 0 Å². The molecule has 110 valence electrons. The summed E-state index contributed by atoms with van der Waals surface area (Å²) >= 11 is 5.77. The van der Waals surface area contributed by atoms with Gasteiger partial charge in [-0.05, 0) is 43.3 Å². The molecule has 0 aliphatic rings. The van der Waals surface area contributed by atoms with Crippen LogP contribution in [-0.4, -0.2) is 22.6 Å². The molecule has 0 aliphatic carbocycles. The number of aromatic nitrogens is 1. The molecule has 2 rings (SSSR count). The monoisotopic (exact) mass is 306 g/mol. The highest BCUT2D eigenvalue weighted by Crippen LogP contribution is 2.17. The van der Waals surface area contributed by atoms with Gasteiger partial charge >= 0.3 is 0 Å². The number of nitrogens with one attached hydrogen (secondary N) is 1. The highest BCUT2D eigenvalue weighted by atomic mass is 35.5. The molecule has 0 saturated heterocycles. The Morgan fingerprint density at radius 2 is 2.00 bits per heavy atom. The van der Waals surface area contributed by atoms with Crippen LogP contribution in [0.1, 0.15) is 11.4 Å². The van der Waals surface area contributed by atoms with Crippen molar-refractivity contribution < 1.29 is 14.6 Å². The minimum atomic E-state index is -0.304. The van der Waals surface area contributed by atoms with E-state index in [2.05, 4.69) is 10.3 Å². The molecular weight excluding hydrogens is 292 g/mol. The van der Waals surface area contributed by atoms with Gasteiger partial charge in [0.05, 0.1) is 6.61 Å². The maximum atomic E-state index is 11.8. The lowest BCUT2D eigenvalue weighted by atomic mass is 10.3. The highest BCUT2D eigenvalue weighted by Gasteiger charge is 2.08. The summed E-state index contributed by atoms with van der Waals surface area (Å²) in [4.78, 5) is 15.9. The number of aliphatic hydroxyl groups is 1. The number of benzene rings is 1. The number of aliphatic hydroxyl groups excluding tert-OH is 1. The van der Waals surface area contributed by atoms with Crippen LogP contribution in [0.2, 0.25) is 5.02 Å². The molecule has 0 radical (unpaired) electrons. The van der Waals surface area contributed by atoms with Crippen molar-refractivity contribution in [1.29, 1.82) is 0 Å². The molecule has 0 spiro atoms. The Morgan fingerprint density at radius 1 is 1.29 bits per heavy atom. The van der Waals surface area contributed by atoms with Crippen molar-refractivity contribution in [3.05, 3.63) is 52.8 Å². The fourth-order valence-electron chi connectivity index (χ4n) is 1.72. The number of nitrogens with zero attached hydrogens (tertiary/aromatic N) is 1. The predicted molar refractivity (Wildman–Crippen MR) is 80.5 cm³/mol. The summed E-state index contributed by atoms with van der Waals surface area (Å²) in [6, 6.07) is 10.2. The molecule has 0 saturated carbocycles. The molecule has 2 N–H and O–H groups in total. The molecule has 0 unspecified atom stereocenters. The molecular formula is C15H15ClN2O3. The number of hydrogen-bond donors (Lipinski definition) is 2. The normalized spacial score (nSPS) is 10.2. The molecule has 6 heteroatoms. The first-order valence-electron chi connectivity index (χ1n) is 6.34. The Hall–Kier alpha value is -2.11. The summed E-state index contributed by atoms with van der Waals surface area (Å²) in [7, 11) is 0. The smallest absolute Gasteiger partial charge is 0.262 e. The van der Waals surface area contributed by atoms with E-state index in [1.54, 1.807) is 36.4 Å². The minimum Gasteiger partial charge on any atom is -0.482 e. The SMILES string of the molecule is Cc1ccc(OCC(=O)Nc2ccc(Cl)cc2)c(CO)n1. The fraction of sp³-hybridized carbons (Fsp3) is 0.200. The van der Waals surface area contributed by atoms with Gasteiger partial charge in [0.15, 0.2) is 6.61 Å². The molecule has 1 amide bonds. The molecule has 0 atom stereocenters. The van der Waals surface area contributed by atoms with E-state index in [1.807, 2.05) is 6.92 Å². The van der Waals surface area contributed by atoms with Crippen molar-refractivity contribution in [2.45, 2.75) is 13.5 Å². The predicted octanol–water partition coefficient (Wildman–Crippen LogP) is 2.55. The number of halogens is 1. The average Bonchev–Trinajstić information content (AvgIpc) is 2.48. The standard InChI is InChI=1S/C15H15ClN2O3/c1-10-2-7-14(13(8-19)17-10)21-9-15(20)18-12-5-3-11(16)4-6-12/h2-7,19H,8-9H2,1H3,(H,18,20). The average molecular weight is 307 g/mol. The summed E-state index contributed by atoms with van der Waals surface area (Å²) < 4.78 is 5.38. The molecule has 2 aromatic rings. The van der Waals surface area contributed by atoms with E-state index in [9.17, 15) is 9.90 Å². The number of aryl methyl sites for hydroxylation is 1. The molecule has 1 aromatic carbocycles. The van der Waals surface area contributed by atoms with Crippen LogP contribution in [-0.2, 0) is 11.4 Å². The number of carbonyl (C=O) groups is 1. The first-order valence-corrected chi connectivity index (χ1v) is 6.72. The Kier molecular flexibility index (Phi) is 5.14. The van der Waals surface area contributed by atoms with E-state index in [4.69, 9.17) is 16.3 Å². The summed E-state index contributed by atoms with van der Waals surface area (Å²) in [5.41, 5.74) is 1.82. The fourth-order valence-corrected chi connectivity index (χ4v) is 1.84. The summed E-state index contributed by atoms with van der Waals surface area (Å²) in [5, 5.41) is 12.5. The first-order chi connectivity index (χ1) is 10.1. The van der Waals surface area contributed by atoms with Gasteiger partial charge in [-0.2, -0.15) is 0 Å². The van der Waals surface area contributed by atoms with Crippen molar-refractivity contribution in [1.82, 2.24) is 4.98 Å². The van der Waals surface area contributed by atoms with Gasteiger partial charge in [0, 0.05) is 16.4 Å². The highest BCUT2D eigenvalue weighted by molar-refractivity contribution is 6.30. The van der Waals surface area contributed by atoms with Gasteiger partial charge in [-0.25, -0.2) is 0 Å². The topological polar surface area (TPSA) is 71.5 Å². The molecule has 1 heterocycles. The van der Waals surface area contributed by atoms with Crippen molar-refractivity contribution in [3.63, 3.8) is 0 Å². The largest absolute Gasteiger partial charge is 0.482 e. The Balaban J connectivity index is 1.93. The van der Waals surface area contributed by atoms with Crippen LogP contribution in [0, 0.1) is 6.92 Å². The van der Waals surface area contributed by atoms with Gasteiger partial charge in [0.25, 0.3) is 5.91 Å². The number of pyridine rings is 1. The van der Waals surface area contributed by atoms with Crippen LogP contribution >= 0.6 is 11.6 Å². The van der Waals surface area contributed by atoms with Crippen LogP contribution < -0.4 is 10.1 Å². The maximum Gasteiger partial charge on any atom is 0.262 e. The molecule has 21 heavy (non-hydrogen) atoms. The number of ether oxygens (including phenoxy) is 1. The van der Waals surface area contributed by atoms with E-state index in [-0.39, 0.29) is 19.1 Å². The number of carbonyl (C=O) groups excluding carboxylic acids is 1. The summed E-state index contributed by atoms with van der Waals surface area (Å²) in [5.74, 6) is 0.0937. The zero-order valence-electron chi connectivity index (χ0n) is 11.5. The second kappa shape index (κ2) is 7.06. The zero-order chi connectivity index (χ0) is 15.2. The lowest BCUT2D eigenvalue weighted by Crippen LogP contribution is -2.20. The third kappa shape index (κ3) is 4.44.